The normalized spacial score (nSPS) is 16.2. The van der Waals surface area contributed by atoms with Crippen LogP contribution >= 0.6 is 0 Å². The Balaban J connectivity index is 1.37. The lowest BCUT2D eigenvalue weighted by molar-refractivity contribution is 0.0128. The van der Waals surface area contributed by atoms with Crippen molar-refractivity contribution in [3.8, 4) is 28.7 Å². The van der Waals surface area contributed by atoms with Crippen LogP contribution in [0, 0.1) is 5.92 Å². The molecule has 0 radical (unpaired) electrons. The Morgan fingerprint density at radius 3 is 2.40 bits per heavy atom. The van der Waals surface area contributed by atoms with Crippen LogP contribution in [0.4, 0.5) is 0 Å². The number of carbonyl (C=O) groups excluding carboxylic acids is 1. The van der Waals surface area contributed by atoms with E-state index >= 15 is 0 Å². The van der Waals surface area contributed by atoms with Gasteiger partial charge in [0.15, 0.2) is 11.5 Å². The molecule has 2 atom stereocenters. The zero-order chi connectivity index (χ0) is 30.6. The Kier molecular flexibility index (Phi) is 12.1. The highest BCUT2D eigenvalue weighted by Gasteiger charge is 2.32. The monoisotopic (exact) mass is 592 g/mol. The third-order valence-corrected chi connectivity index (χ3v) is 7.41. The van der Waals surface area contributed by atoms with E-state index in [2.05, 4.69) is 5.32 Å². The zero-order valence-electron chi connectivity index (χ0n) is 25.8. The number of rotatable bonds is 16. The minimum Gasteiger partial charge on any atom is -0.497 e. The largest absolute Gasteiger partial charge is 0.497 e. The van der Waals surface area contributed by atoms with Crippen LogP contribution in [0.15, 0.2) is 66.7 Å². The zero-order valence-corrected chi connectivity index (χ0v) is 25.8. The Hall–Kier alpha value is -3.79. The molecule has 43 heavy (non-hydrogen) atoms. The number of hydrogen-bond donors (Lipinski definition) is 1. The summed E-state index contributed by atoms with van der Waals surface area (Å²) in [5, 5.41) is 3.45. The SMILES string of the molecule is COCCCOc1cc(C(=O)N(C[C@@H]2CNC[C@@H]2OCc2cccc(Oc3ccc(OC)cc3)c2)C(C)C)ccc1OC. The van der Waals surface area contributed by atoms with E-state index in [1.165, 1.54) is 0 Å². The molecule has 0 spiro atoms. The van der Waals surface area contributed by atoms with E-state index in [0.29, 0.717) is 43.4 Å². The van der Waals surface area contributed by atoms with E-state index in [9.17, 15) is 4.79 Å². The van der Waals surface area contributed by atoms with Gasteiger partial charge in [0.2, 0.25) is 0 Å². The van der Waals surface area contributed by atoms with E-state index in [1.807, 2.05) is 67.3 Å². The minimum atomic E-state index is -0.0478. The molecule has 9 nitrogen and oxygen atoms in total. The molecule has 0 aromatic heterocycles. The molecule has 0 saturated carbocycles. The summed E-state index contributed by atoms with van der Waals surface area (Å²) in [6, 6.07) is 20.8. The molecule has 0 unspecified atom stereocenters. The maximum atomic E-state index is 13.7. The molecule has 4 rings (SSSR count). The fraction of sp³-hybridized carbons (Fsp3) is 0.441. The van der Waals surface area contributed by atoms with Crippen molar-refractivity contribution in [1.29, 1.82) is 0 Å². The third-order valence-electron chi connectivity index (χ3n) is 7.41. The summed E-state index contributed by atoms with van der Waals surface area (Å²) in [6.07, 6.45) is 0.710. The molecule has 232 valence electrons. The molecule has 1 N–H and O–H groups in total. The molecule has 0 bridgehead atoms. The van der Waals surface area contributed by atoms with Gasteiger partial charge in [0.25, 0.3) is 5.91 Å². The van der Waals surface area contributed by atoms with Gasteiger partial charge in [-0.1, -0.05) is 12.1 Å². The summed E-state index contributed by atoms with van der Waals surface area (Å²) in [4.78, 5) is 15.6. The molecule has 1 amide bonds. The van der Waals surface area contributed by atoms with Crippen molar-refractivity contribution in [2.24, 2.45) is 5.92 Å². The van der Waals surface area contributed by atoms with Crippen LogP contribution < -0.4 is 24.3 Å². The van der Waals surface area contributed by atoms with Gasteiger partial charge >= 0.3 is 0 Å². The molecular weight excluding hydrogens is 548 g/mol. The quantitative estimate of drug-likeness (QED) is 0.216. The molecule has 3 aromatic carbocycles. The Labute approximate surface area is 255 Å². The standard InChI is InChI=1S/C34H44N2O7/c1-24(2)36(34(37)26-10-15-31(40-5)32(19-26)41-17-7-16-38-3)22-27-20-35-21-33(27)42-23-25-8-6-9-30(18-25)43-29-13-11-28(39-4)12-14-29/h6,8-15,18-19,24,27,33,35H,7,16-17,20-23H2,1-5H3/t27-,33-/m0/s1. The van der Waals surface area contributed by atoms with E-state index in [0.717, 1.165) is 42.3 Å². The number of hydrogen-bond acceptors (Lipinski definition) is 8. The Morgan fingerprint density at radius 1 is 0.884 bits per heavy atom. The smallest absolute Gasteiger partial charge is 0.254 e. The summed E-state index contributed by atoms with van der Waals surface area (Å²) in [7, 11) is 4.89. The first-order valence-electron chi connectivity index (χ1n) is 14.8. The van der Waals surface area contributed by atoms with Gasteiger partial charge in [0.05, 0.1) is 33.5 Å². The highest BCUT2D eigenvalue weighted by molar-refractivity contribution is 5.95. The average molecular weight is 593 g/mol. The maximum Gasteiger partial charge on any atom is 0.254 e. The molecule has 1 saturated heterocycles. The second-order valence-corrected chi connectivity index (χ2v) is 10.8. The van der Waals surface area contributed by atoms with E-state index in [4.69, 9.17) is 28.4 Å². The van der Waals surface area contributed by atoms with Crippen molar-refractivity contribution >= 4 is 5.91 Å². The van der Waals surface area contributed by atoms with E-state index < -0.39 is 0 Å². The van der Waals surface area contributed by atoms with Crippen molar-refractivity contribution in [3.63, 3.8) is 0 Å². The number of ether oxygens (including phenoxy) is 6. The number of methoxy groups -OCH3 is 3. The van der Waals surface area contributed by atoms with Gasteiger partial charge in [-0.2, -0.15) is 0 Å². The lowest BCUT2D eigenvalue weighted by Crippen LogP contribution is -2.43. The lowest BCUT2D eigenvalue weighted by Gasteiger charge is -2.31. The number of benzene rings is 3. The van der Waals surface area contributed by atoms with Gasteiger partial charge in [-0.3, -0.25) is 4.79 Å². The van der Waals surface area contributed by atoms with Crippen LogP contribution in [0.1, 0.15) is 36.2 Å². The van der Waals surface area contributed by atoms with Crippen molar-refractivity contribution in [3.05, 3.63) is 77.9 Å². The summed E-state index contributed by atoms with van der Waals surface area (Å²) < 4.78 is 34.1. The van der Waals surface area contributed by atoms with Gasteiger partial charge < -0.3 is 38.6 Å². The van der Waals surface area contributed by atoms with Crippen molar-refractivity contribution in [2.45, 2.75) is 39.0 Å². The van der Waals surface area contributed by atoms with Crippen molar-refractivity contribution < 1.29 is 33.2 Å². The van der Waals surface area contributed by atoms with Crippen LogP contribution in [0.2, 0.25) is 0 Å². The minimum absolute atomic E-state index is 0.00806. The second kappa shape index (κ2) is 16.2. The maximum absolute atomic E-state index is 13.7. The Morgan fingerprint density at radius 2 is 1.67 bits per heavy atom. The Bertz CT molecular complexity index is 1300. The number of nitrogens with one attached hydrogen (secondary N) is 1. The summed E-state index contributed by atoms with van der Waals surface area (Å²) in [5.74, 6) is 3.50. The summed E-state index contributed by atoms with van der Waals surface area (Å²) in [5.41, 5.74) is 1.58. The molecule has 0 aliphatic carbocycles. The summed E-state index contributed by atoms with van der Waals surface area (Å²) >= 11 is 0. The van der Waals surface area contributed by atoms with Crippen LogP contribution in [0.3, 0.4) is 0 Å². The number of carbonyl (C=O) groups is 1. The van der Waals surface area contributed by atoms with E-state index in [-0.39, 0.29) is 24.0 Å². The lowest BCUT2D eigenvalue weighted by atomic mass is 10.0. The molecule has 9 heteroatoms. The molecule has 1 aliphatic rings. The summed E-state index contributed by atoms with van der Waals surface area (Å²) in [6.45, 7) is 7.67. The predicted molar refractivity (Wildman–Crippen MR) is 166 cm³/mol. The van der Waals surface area contributed by atoms with Crippen LogP contribution in [0.25, 0.3) is 0 Å². The van der Waals surface area contributed by atoms with Gasteiger partial charge in [0, 0.05) is 57.3 Å². The van der Waals surface area contributed by atoms with Gasteiger partial charge in [0.1, 0.15) is 17.2 Å². The topological polar surface area (TPSA) is 87.7 Å². The first-order chi connectivity index (χ1) is 20.9. The molecule has 3 aromatic rings. The van der Waals surface area contributed by atoms with Crippen molar-refractivity contribution in [1.82, 2.24) is 10.2 Å². The average Bonchev–Trinajstić information content (AvgIpc) is 3.48. The predicted octanol–water partition coefficient (Wildman–Crippen LogP) is 5.57. The molecule has 1 fully saturated rings. The molecule has 1 aliphatic heterocycles. The first kappa shape index (κ1) is 32.1. The van der Waals surface area contributed by atoms with Gasteiger partial charge in [-0.15, -0.1) is 0 Å². The highest BCUT2D eigenvalue weighted by atomic mass is 16.5. The second-order valence-electron chi connectivity index (χ2n) is 10.8. The molecule has 1 heterocycles. The fourth-order valence-corrected chi connectivity index (χ4v) is 5.02. The van der Waals surface area contributed by atoms with E-state index in [1.54, 1.807) is 39.5 Å². The number of nitrogens with zero attached hydrogens (tertiary/aromatic N) is 1. The fourth-order valence-electron chi connectivity index (χ4n) is 5.02. The third kappa shape index (κ3) is 9.10. The van der Waals surface area contributed by atoms with Crippen LogP contribution in [-0.2, 0) is 16.1 Å². The van der Waals surface area contributed by atoms with Crippen LogP contribution in [-0.4, -0.2) is 77.1 Å². The molecular formula is C34H44N2O7. The highest BCUT2D eigenvalue weighted by Crippen LogP contribution is 2.30. The van der Waals surface area contributed by atoms with Gasteiger partial charge in [-0.05, 0) is 74.0 Å². The number of amides is 1. The van der Waals surface area contributed by atoms with Gasteiger partial charge in [-0.25, -0.2) is 0 Å². The first-order valence-corrected chi connectivity index (χ1v) is 14.8. The van der Waals surface area contributed by atoms with Crippen molar-refractivity contribution in [2.75, 3.05) is 54.2 Å². The van der Waals surface area contributed by atoms with Crippen LogP contribution in [0.5, 0.6) is 28.7 Å².